The Kier molecular flexibility index (Phi) is 16.3. The maximum atomic E-state index is 14.6. The third kappa shape index (κ3) is 11.1. The number of likely N-dealkylation sites (tertiary alicyclic amines) is 1. The van der Waals surface area contributed by atoms with Crippen LogP contribution >= 0.6 is 11.3 Å². The van der Waals surface area contributed by atoms with Crippen LogP contribution in [0.4, 0.5) is 0 Å². The number of nitrogens with one attached hydrogen (secondary N) is 2. The summed E-state index contributed by atoms with van der Waals surface area (Å²) in [4.78, 5) is 61.8. The largest absolute Gasteiger partial charge is 0.461 e. The predicted molar refractivity (Wildman–Crippen MR) is 175 cm³/mol. The monoisotopic (exact) mass is 635 g/mol. The number of thiazole rings is 1. The lowest BCUT2D eigenvalue weighted by atomic mass is 9.86. The molecule has 1 fully saturated rings. The molecule has 44 heavy (non-hydrogen) atoms. The van der Waals surface area contributed by atoms with Crippen LogP contribution < -0.4 is 10.6 Å². The standard InChI is InChI=1S/C33H57N5O5S/c1-9-12-13-15-19-38(32(41)29(23(6)10-2)30(40)36-28-17-14-16-18-37(28)8)27(22(4)5)20-25(34-24(7)39)31-35-26(21-44-31)33(42)43-11-3/h21-23,25,27-29H,9-20H2,1-8H3,(H,34,39)(H,36,40)/t23-,25+,27+,28+,29-/m0/s1. The summed E-state index contributed by atoms with van der Waals surface area (Å²) in [6.45, 7) is 15.2. The van der Waals surface area contributed by atoms with Crippen LogP contribution in [0.15, 0.2) is 5.38 Å². The highest BCUT2D eigenvalue weighted by Crippen LogP contribution is 2.31. The van der Waals surface area contributed by atoms with E-state index in [1.54, 1.807) is 12.3 Å². The van der Waals surface area contributed by atoms with Crippen LogP contribution in [0.25, 0.3) is 0 Å². The molecule has 0 unspecified atom stereocenters. The molecule has 1 aromatic rings. The van der Waals surface area contributed by atoms with Crippen LogP contribution in [-0.2, 0) is 19.1 Å². The van der Waals surface area contributed by atoms with Gasteiger partial charge in [0, 0.05) is 24.9 Å². The SMILES string of the molecule is CCCCCCN(C(=O)[C@H](C(=O)N[C@H]1CCCCN1C)[C@@H](C)CC)[C@H](C[C@@H](NC(C)=O)c1nc(C(=O)OCC)cs1)C(C)C. The van der Waals surface area contributed by atoms with Crippen molar-refractivity contribution in [1.82, 2.24) is 25.4 Å². The summed E-state index contributed by atoms with van der Waals surface area (Å²) in [5.41, 5.74) is 0.206. The Morgan fingerprint density at radius 3 is 2.43 bits per heavy atom. The molecule has 1 aliphatic heterocycles. The number of aromatic nitrogens is 1. The average Bonchev–Trinajstić information content (AvgIpc) is 3.47. The van der Waals surface area contributed by atoms with Gasteiger partial charge in [0.2, 0.25) is 17.7 Å². The van der Waals surface area contributed by atoms with E-state index in [0.717, 1.165) is 51.5 Å². The molecule has 0 spiro atoms. The maximum absolute atomic E-state index is 14.6. The molecule has 11 heteroatoms. The molecule has 1 saturated heterocycles. The zero-order chi connectivity index (χ0) is 32.8. The van der Waals surface area contributed by atoms with Crippen molar-refractivity contribution in [1.29, 1.82) is 0 Å². The number of rotatable bonds is 18. The Morgan fingerprint density at radius 2 is 1.84 bits per heavy atom. The summed E-state index contributed by atoms with van der Waals surface area (Å²) in [7, 11) is 2.02. The van der Waals surface area contributed by atoms with Gasteiger partial charge in [-0.15, -0.1) is 11.3 Å². The van der Waals surface area contributed by atoms with Gasteiger partial charge >= 0.3 is 5.97 Å². The molecule has 3 amide bonds. The Hall–Kier alpha value is -2.53. The van der Waals surface area contributed by atoms with Gasteiger partial charge in [-0.1, -0.05) is 60.3 Å². The molecular weight excluding hydrogens is 578 g/mol. The van der Waals surface area contributed by atoms with Crippen molar-refractivity contribution in [3.05, 3.63) is 16.1 Å². The number of hydrogen-bond acceptors (Lipinski definition) is 8. The van der Waals surface area contributed by atoms with Crippen LogP contribution in [0.1, 0.15) is 128 Å². The van der Waals surface area contributed by atoms with E-state index in [1.807, 2.05) is 25.8 Å². The second-order valence-electron chi connectivity index (χ2n) is 12.5. The molecule has 2 N–H and O–H groups in total. The van der Waals surface area contributed by atoms with Gasteiger partial charge in [-0.25, -0.2) is 9.78 Å². The van der Waals surface area contributed by atoms with E-state index in [9.17, 15) is 19.2 Å². The van der Waals surface area contributed by atoms with Crippen LogP contribution in [0.2, 0.25) is 0 Å². The lowest BCUT2D eigenvalue weighted by molar-refractivity contribution is -0.148. The van der Waals surface area contributed by atoms with Gasteiger partial charge in [-0.2, -0.15) is 0 Å². The molecule has 0 aliphatic carbocycles. The third-order valence-corrected chi connectivity index (χ3v) is 9.66. The first-order chi connectivity index (χ1) is 20.9. The van der Waals surface area contributed by atoms with Crippen molar-refractivity contribution in [3.63, 3.8) is 0 Å². The highest BCUT2D eigenvalue weighted by molar-refractivity contribution is 7.09. The molecule has 250 valence electrons. The van der Waals surface area contributed by atoms with Crippen LogP contribution in [0.5, 0.6) is 0 Å². The smallest absolute Gasteiger partial charge is 0.357 e. The summed E-state index contributed by atoms with van der Waals surface area (Å²) in [6, 6.07) is -0.779. The van der Waals surface area contributed by atoms with Crippen LogP contribution in [0, 0.1) is 17.8 Å². The molecule has 0 bridgehead atoms. The summed E-state index contributed by atoms with van der Waals surface area (Å²) in [5.74, 6) is -2.00. The number of esters is 1. The summed E-state index contributed by atoms with van der Waals surface area (Å²) in [6.07, 6.45) is 8.03. The first-order valence-electron chi connectivity index (χ1n) is 16.7. The van der Waals surface area contributed by atoms with Gasteiger partial charge in [-0.3, -0.25) is 19.3 Å². The minimum Gasteiger partial charge on any atom is -0.461 e. The zero-order valence-electron chi connectivity index (χ0n) is 28.3. The van der Waals surface area contributed by atoms with E-state index in [1.165, 1.54) is 18.3 Å². The van der Waals surface area contributed by atoms with Crippen molar-refractivity contribution in [3.8, 4) is 0 Å². The van der Waals surface area contributed by atoms with E-state index in [-0.39, 0.29) is 54.1 Å². The van der Waals surface area contributed by atoms with Crippen LogP contribution in [-0.4, -0.2) is 77.4 Å². The molecular formula is C33H57N5O5S. The summed E-state index contributed by atoms with van der Waals surface area (Å²) >= 11 is 1.29. The topological polar surface area (TPSA) is 121 Å². The first kappa shape index (κ1) is 37.7. The maximum Gasteiger partial charge on any atom is 0.357 e. The van der Waals surface area contributed by atoms with E-state index >= 15 is 0 Å². The molecule has 10 nitrogen and oxygen atoms in total. The van der Waals surface area contributed by atoms with Crippen molar-refractivity contribution in [2.45, 2.75) is 125 Å². The Bertz CT molecular complexity index is 1060. The van der Waals surface area contributed by atoms with E-state index < -0.39 is 17.9 Å². The van der Waals surface area contributed by atoms with Crippen molar-refractivity contribution < 1.29 is 23.9 Å². The number of carbonyl (C=O) groups excluding carboxylic acids is 4. The van der Waals surface area contributed by atoms with Gasteiger partial charge < -0.3 is 20.3 Å². The van der Waals surface area contributed by atoms with Gasteiger partial charge in [0.25, 0.3) is 0 Å². The zero-order valence-corrected chi connectivity index (χ0v) is 29.1. The molecule has 0 aromatic carbocycles. The van der Waals surface area contributed by atoms with E-state index in [0.29, 0.717) is 24.4 Å². The number of carbonyl (C=O) groups is 4. The van der Waals surface area contributed by atoms with Gasteiger partial charge in [0.15, 0.2) is 5.69 Å². The Morgan fingerprint density at radius 1 is 1.11 bits per heavy atom. The van der Waals surface area contributed by atoms with Crippen molar-refractivity contribution in [2.24, 2.45) is 17.8 Å². The fourth-order valence-corrected chi connectivity index (χ4v) is 6.75. The molecule has 5 atom stereocenters. The second-order valence-corrected chi connectivity index (χ2v) is 13.4. The Labute approximate surface area is 269 Å². The van der Waals surface area contributed by atoms with Gasteiger partial charge in [-0.05, 0) is 64.5 Å². The number of piperidine rings is 1. The molecule has 1 aliphatic rings. The molecule has 0 radical (unpaired) electrons. The average molecular weight is 636 g/mol. The molecule has 0 saturated carbocycles. The molecule has 2 heterocycles. The predicted octanol–water partition coefficient (Wildman–Crippen LogP) is 5.54. The number of nitrogens with zero attached hydrogens (tertiary/aromatic N) is 3. The lowest BCUT2D eigenvalue weighted by Crippen LogP contribution is -2.56. The van der Waals surface area contributed by atoms with Gasteiger partial charge in [0.05, 0.1) is 18.8 Å². The number of ether oxygens (including phenoxy) is 1. The number of amides is 3. The normalized spacial score (nSPS) is 18.2. The first-order valence-corrected chi connectivity index (χ1v) is 17.5. The van der Waals surface area contributed by atoms with E-state index in [2.05, 4.69) is 41.3 Å². The van der Waals surface area contributed by atoms with Crippen molar-refractivity contribution in [2.75, 3.05) is 26.7 Å². The second kappa shape index (κ2) is 19.1. The van der Waals surface area contributed by atoms with Crippen molar-refractivity contribution >= 4 is 35.0 Å². The van der Waals surface area contributed by atoms with Crippen LogP contribution in [0.3, 0.4) is 0 Å². The fraction of sp³-hybridized carbons (Fsp3) is 0.788. The fourth-order valence-electron chi connectivity index (χ4n) is 5.90. The highest BCUT2D eigenvalue weighted by atomic mass is 32.1. The molecule has 1 aromatic heterocycles. The lowest BCUT2D eigenvalue weighted by Gasteiger charge is -2.40. The Balaban J connectivity index is 2.45. The number of unbranched alkanes of at least 4 members (excludes halogenated alkanes) is 3. The highest BCUT2D eigenvalue weighted by Gasteiger charge is 2.40. The summed E-state index contributed by atoms with van der Waals surface area (Å²) in [5, 5.41) is 8.46. The molecule has 2 rings (SSSR count). The number of hydrogen-bond donors (Lipinski definition) is 2. The quantitative estimate of drug-likeness (QED) is 0.123. The minimum absolute atomic E-state index is 0.0380. The third-order valence-electron chi connectivity index (χ3n) is 8.71. The summed E-state index contributed by atoms with van der Waals surface area (Å²) < 4.78 is 5.12. The van der Waals surface area contributed by atoms with Gasteiger partial charge in [0.1, 0.15) is 10.9 Å². The van der Waals surface area contributed by atoms with E-state index in [4.69, 9.17) is 4.74 Å². The minimum atomic E-state index is -0.808.